The number of urea groups is 1. The Morgan fingerprint density at radius 3 is 2.27 bits per heavy atom. The van der Waals surface area contributed by atoms with Crippen molar-refractivity contribution in [1.82, 2.24) is 15.5 Å². The number of carboxylic acid groups (broad SMARTS) is 1. The van der Waals surface area contributed by atoms with Crippen molar-refractivity contribution >= 4 is 64.5 Å². The van der Waals surface area contributed by atoms with Gasteiger partial charge in [0.1, 0.15) is 12.1 Å². The van der Waals surface area contributed by atoms with Crippen molar-refractivity contribution in [2.45, 2.75) is 44.8 Å². The maximum absolute atomic E-state index is 12.9. The first-order valence-corrected chi connectivity index (χ1v) is 13.3. The highest BCUT2D eigenvalue weighted by Gasteiger charge is 2.37. The van der Waals surface area contributed by atoms with Gasteiger partial charge in [-0.3, -0.25) is 9.59 Å². The third-order valence-corrected chi connectivity index (χ3v) is 7.03. The van der Waals surface area contributed by atoms with E-state index in [0.29, 0.717) is 22.9 Å². The number of anilines is 1. The van der Waals surface area contributed by atoms with Crippen molar-refractivity contribution in [3.05, 3.63) is 63.6 Å². The molecule has 0 saturated carbocycles. The molecule has 12 heteroatoms. The fraction of sp³-hybridized carbons (Fsp3) is 0.360. The van der Waals surface area contributed by atoms with Crippen LogP contribution in [0.5, 0.6) is 0 Å². The predicted molar refractivity (Wildman–Crippen MR) is 145 cm³/mol. The molecule has 0 aromatic heterocycles. The molecule has 198 valence electrons. The molecule has 4 N–H and O–H groups in total. The lowest BCUT2D eigenvalue weighted by Crippen LogP contribution is -2.56. The molecule has 1 fully saturated rings. The molecule has 0 radical (unpaired) electrons. The molecule has 9 nitrogen and oxygen atoms in total. The third kappa shape index (κ3) is 7.77. The molecule has 2 aromatic rings. The van der Waals surface area contributed by atoms with E-state index in [1.54, 1.807) is 42.5 Å². The van der Waals surface area contributed by atoms with Gasteiger partial charge < -0.3 is 26.0 Å². The van der Waals surface area contributed by atoms with E-state index in [1.165, 1.54) is 16.7 Å². The molecule has 3 rings (SSSR count). The quantitative estimate of drug-likeness (QED) is 0.397. The van der Waals surface area contributed by atoms with E-state index in [9.17, 15) is 24.3 Å². The second kappa shape index (κ2) is 12.1. The van der Waals surface area contributed by atoms with Gasteiger partial charge in [-0.1, -0.05) is 41.4 Å². The number of hydrogen-bond acceptors (Lipinski definition) is 5. The monoisotopic (exact) mass is 566 g/mol. The van der Waals surface area contributed by atoms with Gasteiger partial charge in [-0.05, 0) is 50.6 Å². The number of carbonyl (C=O) groups excluding carboxylic acids is 3. The van der Waals surface area contributed by atoms with Gasteiger partial charge in [-0.25, -0.2) is 9.59 Å². The second-order valence-electron chi connectivity index (χ2n) is 9.52. The van der Waals surface area contributed by atoms with Crippen LogP contribution >= 0.6 is 35.0 Å². The van der Waals surface area contributed by atoms with E-state index in [0.717, 1.165) is 0 Å². The number of rotatable bonds is 7. The molecule has 1 aliphatic rings. The van der Waals surface area contributed by atoms with E-state index in [4.69, 9.17) is 23.2 Å². The zero-order chi connectivity index (χ0) is 27.3. The number of carbonyl (C=O) groups is 4. The Kier molecular flexibility index (Phi) is 9.33. The highest BCUT2D eigenvalue weighted by Crippen LogP contribution is 2.26. The highest BCUT2D eigenvalue weighted by molar-refractivity contribution is 7.99. The molecule has 0 spiro atoms. The topological polar surface area (TPSA) is 128 Å². The Labute approximate surface area is 229 Å². The van der Waals surface area contributed by atoms with Crippen LogP contribution < -0.4 is 16.0 Å². The molecule has 2 atom stereocenters. The maximum Gasteiger partial charge on any atom is 0.326 e. The number of carboxylic acids is 1. The molecule has 1 heterocycles. The predicted octanol–water partition coefficient (Wildman–Crippen LogP) is 4.24. The summed E-state index contributed by atoms with van der Waals surface area (Å²) in [5.74, 6) is -1.49. The van der Waals surface area contributed by atoms with Crippen LogP contribution in [-0.2, 0) is 16.0 Å². The number of aliphatic carboxylic acids is 1. The summed E-state index contributed by atoms with van der Waals surface area (Å²) in [7, 11) is 0. The molecule has 2 aromatic carbocycles. The van der Waals surface area contributed by atoms with Gasteiger partial charge in [-0.15, -0.1) is 11.8 Å². The molecule has 0 bridgehead atoms. The molecule has 1 saturated heterocycles. The van der Waals surface area contributed by atoms with E-state index in [1.807, 2.05) is 20.8 Å². The third-order valence-electron chi connectivity index (χ3n) is 5.38. The normalized spacial score (nSPS) is 16.1. The van der Waals surface area contributed by atoms with E-state index in [2.05, 4.69) is 16.0 Å². The summed E-state index contributed by atoms with van der Waals surface area (Å²) in [5.41, 5.74) is 0.771. The van der Waals surface area contributed by atoms with Crippen LogP contribution in [0, 0.1) is 0 Å². The SMILES string of the molecule is CC(C)(C)NC(=O)N1CSCC1C(=O)NC(Cc1ccc(NC(=O)c2c(Cl)cccc2Cl)cc1)C(=O)O. The fourth-order valence-electron chi connectivity index (χ4n) is 3.59. The van der Waals surface area contributed by atoms with Gasteiger partial charge >= 0.3 is 12.0 Å². The van der Waals surface area contributed by atoms with Crippen LogP contribution in [0.4, 0.5) is 10.5 Å². The van der Waals surface area contributed by atoms with E-state index < -0.39 is 35.4 Å². The Balaban J connectivity index is 1.63. The highest BCUT2D eigenvalue weighted by atomic mass is 35.5. The van der Waals surface area contributed by atoms with Crippen LogP contribution in [0.15, 0.2) is 42.5 Å². The molecule has 0 aliphatic carbocycles. The number of amides is 4. The minimum Gasteiger partial charge on any atom is -0.480 e. The largest absolute Gasteiger partial charge is 0.480 e. The Bertz CT molecular complexity index is 1170. The average molecular weight is 567 g/mol. The lowest BCUT2D eigenvalue weighted by atomic mass is 10.0. The number of thioether (sulfide) groups is 1. The number of benzene rings is 2. The second-order valence-corrected chi connectivity index (χ2v) is 11.3. The van der Waals surface area contributed by atoms with E-state index >= 15 is 0 Å². The van der Waals surface area contributed by atoms with Crippen LogP contribution in [-0.4, -0.2) is 63.1 Å². The summed E-state index contributed by atoms with van der Waals surface area (Å²) >= 11 is 13.6. The van der Waals surface area contributed by atoms with Crippen molar-refractivity contribution in [3.63, 3.8) is 0 Å². The molecular weight excluding hydrogens is 539 g/mol. The van der Waals surface area contributed by atoms with Crippen molar-refractivity contribution in [2.75, 3.05) is 16.9 Å². The Morgan fingerprint density at radius 2 is 1.70 bits per heavy atom. The summed E-state index contributed by atoms with van der Waals surface area (Å²) in [6.45, 7) is 5.52. The van der Waals surface area contributed by atoms with Gasteiger partial charge in [0, 0.05) is 23.4 Å². The van der Waals surface area contributed by atoms with Gasteiger partial charge in [0.2, 0.25) is 5.91 Å². The lowest BCUT2D eigenvalue weighted by molar-refractivity contribution is -0.142. The van der Waals surface area contributed by atoms with Crippen LogP contribution in [0.2, 0.25) is 10.0 Å². The van der Waals surface area contributed by atoms with Crippen molar-refractivity contribution in [3.8, 4) is 0 Å². The minimum atomic E-state index is -1.20. The molecule has 4 amide bonds. The summed E-state index contributed by atoms with van der Waals surface area (Å²) in [6.07, 6.45) is 0.0136. The summed E-state index contributed by atoms with van der Waals surface area (Å²) in [5, 5.41) is 18.2. The minimum absolute atomic E-state index is 0.0136. The first-order valence-electron chi connectivity index (χ1n) is 11.4. The van der Waals surface area contributed by atoms with Gasteiger partial charge in [0.15, 0.2) is 0 Å². The van der Waals surface area contributed by atoms with Gasteiger partial charge in [0.05, 0.1) is 21.5 Å². The van der Waals surface area contributed by atoms with Crippen molar-refractivity contribution in [2.24, 2.45) is 0 Å². The zero-order valence-corrected chi connectivity index (χ0v) is 22.8. The van der Waals surface area contributed by atoms with Crippen LogP contribution in [0.25, 0.3) is 0 Å². The van der Waals surface area contributed by atoms with Gasteiger partial charge in [-0.2, -0.15) is 0 Å². The lowest BCUT2D eigenvalue weighted by Gasteiger charge is -2.29. The molecule has 1 aliphatic heterocycles. The maximum atomic E-state index is 12.9. The number of halogens is 2. The number of nitrogens with one attached hydrogen (secondary N) is 3. The summed E-state index contributed by atoms with van der Waals surface area (Å²) in [4.78, 5) is 51.4. The van der Waals surface area contributed by atoms with Gasteiger partial charge in [0.25, 0.3) is 5.91 Å². The fourth-order valence-corrected chi connectivity index (χ4v) is 5.31. The average Bonchev–Trinajstić information content (AvgIpc) is 3.29. The standard InChI is InChI=1S/C25H28Cl2N4O5S/c1-25(2,3)30-24(36)31-13-37-12-19(31)21(32)29-18(23(34)35)11-14-7-9-15(10-8-14)28-22(33)20-16(26)5-4-6-17(20)27/h4-10,18-19H,11-13H2,1-3H3,(H,28,33)(H,29,32)(H,30,36)(H,34,35). The van der Waals surface area contributed by atoms with Crippen molar-refractivity contribution in [1.29, 1.82) is 0 Å². The Morgan fingerprint density at radius 1 is 1.08 bits per heavy atom. The van der Waals surface area contributed by atoms with Crippen LogP contribution in [0.1, 0.15) is 36.7 Å². The number of nitrogens with zero attached hydrogens (tertiary/aromatic N) is 1. The van der Waals surface area contributed by atoms with Crippen LogP contribution in [0.3, 0.4) is 0 Å². The number of hydrogen-bond donors (Lipinski definition) is 4. The smallest absolute Gasteiger partial charge is 0.326 e. The zero-order valence-electron chi connectivity index (χ0n) is 20.5. The molecule has 2 unspecified atom stereocenters. The summed E-state index contributed by atoms with van der Waals surface area (Å²) < 4.78 is 0. The first-order chi connectivity index (χ1) is 17.4. The Hall–Kier alpha value is -2.95. The summed E-state index contributed by atoms with van der Waals surface area (Å²) in [6, 6.07) is 8.95. The van der Waals surface area contributed by atoms with E-state index in [-0.39, 0.29) is 28.1 Å². The first kappa shape index (κ1) is 28.6. The van der Waals surface area contributed by atoms with Crippen molar-refractivity contribution < 1.29 is 24.3 Å². The molecular formula is C25H28Cl2N4O5S. The molecule has 37 heavy (non-hydrogen) atoms.